The van der Waals surface area contributed by atoms with Crippen molar-refractivity contribution < 1.29 is 9.32 Å². The summed E-state index contributed by atoms with van der Waals surface area (Å²) in [6.07, 6.45) is 0. The molecule has 0 radical (unpaired) electrons. The second-order valence-corrected chi connectivity index (χ2v) is 7.68. The van der Waals surface area contributed by atoms with E-state index in [1.165, 1.54) is 16.9 Å². The van der Waals surface area contributed by atoms with E-state index in [4.69, 9.17) is 16.1 Å². The maximum Gasteiger partial charge on any atom is 0.267 e. The molecular formula is C16H11ClN2O2S2. The zero-order valence-corrected chi connectivity index (χ0v) is 14.4. The second kappa shape index (κ2) is 5.70. The predicted molar refractivity (Wildman–Crippen MR) is 93.5 cm³/mol. The molecule has 7 heteroatoms. The number of hydrogen-bond donors (Lipinski definition) is 1. The van der Waals surface area contributed by atoms with Crippen LogP contribution in [0.1, 0.15) is 21.0 Å². The van der Waals surface area contributed by atoms with E-state index in [9.17, 15) is 4.79 Å². The average Bonchev–Trinajstić information content (AvgIpc) is 3.13. The number of rotatable bonds is 2. The molecule has 1 aliphatic heterocycles. The molecule has 0 aliphatic carbocycles. The molecule has 4 nitrogen and oxygen atoms in total. The molecule has 1 aliphatic rings. The van der Waals surface area contributed by atoms with Crippen LogP contribution in [-0.4, -0.2) is 11.1 Å². The Labute approximate surface area is 145 Å². The molecule has 1 aromatic carbocycles. The van der Waals surface area contributed by atoms with E-state index in [1.807, 2.05) is 24.3 Å². The molecule has 0 saturated carbocycles. The van der Waals surface area contributed by atoms with Crippen LogP contribution < -0.4 is 5.32 Å². The highest BCUT2D eigenvalue weighted by Gasteiger charge is 2.22. The third kappa shape index (κ3) is 2.78. The lowest BCUT2D eigenvalue weighted by Crippen LogP contribution is -2.10. The van der Waals surface area contributed by atoms with Crippen molar-refractivity contribution in [1.82, 2.24) is 5.16 Å². The van der Waals surface area contributed by atoms with Gasteiger partial charge in [-0.1, -0.05) is 22.8 Å². The number of nitrogens with one attached hydrogen (secondary N) is 1. The van der Waals surface area contributed by atoms with Gasteiger partial charge in [0, 0.05) is 32.2 Å². The highest BCUT2D eigenvalue weighted by atomic mass is 35.5. The van der Waals surface area contributed by atoms with Gasteiger partial charge in [0.25, 0.3) is 5.91 Å². The number of anilines is 1. The van der Waals surface area contributed by atoms with Crippen LogP contribution in [0.3, 0.4) is 0 Å². The smallest absolute Gasteiger partial charge is 0.267 e. The Morgan fingerprint density at radius 3 is 3.00 bits per heavy atom. The molecule has 0 spiro atoms. The summed E-state index contributed by atoms with van der Waals surface area (Å²) in [5, 5.41) is 7.28. The van der Waals surface area contributed by atoms with Crippen LogP contribution in [-0.2, 0) is 5.75 Å². The summed E-state index contributed by atoms with van der Waals surface area (Å²) in [4.78, 5) is 15.4. The Morgan fingerprint density at radius 2 is 2.22 bits per heavy atom. The number of aromatic nitrogens is 1. The summed E-state index contributed by atoms with van der Waals surface area (Å²) in [6.45, 7) is 1.78. The van der Waals surface area contributed by atoms with E-state index in [0.29, 0.717) is 16.5 Å². The Morgan fingerprint density at radius 1 is 1.35 bits per heavy atom. The molecule has 0 fully saturated rings. The highest BCUT2D eigenvalue weighted by molar-refractivity contribution is 7.98. The van der Waals surface area contributed by atoms with E-state index in [2.05, 4.69) is 10.5 Å². The number of hydrogen-bond acceptors (Lipinski definition) is 5. The van der Waals surface area contributed by atoms with Crippen LogP contribution >= 0.6 is 34.7 Å². The topological polar surface area (TPSA) is 55.1 Å². The molecule has 0 atom stereocenters. The molecule has 3 heterocycles. The van der Waals surface area contributed by atoms with Gasteiger partial charge in [-0.2, -0.15) is 0 Å². The fourth-order valence-electron chi connectivity index (χ4n) is 2.44. The minimum Gasteiger partial charge on any atom is -0.360 e. The molecule has 116 valence electrons. The maximum atomic E-state index is 12.4. The van der Waals surface area contributed by atoms with Crippen molar-refractivity contribution in [2.24, 2.45) is 0 Å². The summed E-state index contributed by atoms with van der Waals surface area (Å²) in [7, 11) is 0. The van der Waals surface area contributed by atoms with Crippen LogP contribution in [0.2, 0.25) is 5.02 Å². The van der Waals surface area contributed by atoms with Gasteiger partial charge in [0.1, 0.15) is 5.76 Å². The van der Waals surface area contributed by atoms with Crippen molar-refractivity contribution in [2.75, 3.05) is 5.32 Å². The Balaban J connectivity index is 1.66. The average molecular weight is 363 g/mol. The Hall–Kier alpha value is -1.76. The molecule has 1 amide bonds. The number of halogens is 1. The number of carbonyl (C=O) groups is 1. The largest absolute Gasteiger partial charge is 0.360 e. The number of benzene rings is 1. The normalized spacial score (nSPS) is 12.6. The van der Waals surface area contributed by atoms with Crippen LogP contribution in [0.15, 0.2) is 39.8 Å². The number of thiophene rings is 1. The van der Waals surface area contributed by atoms with E-state index in [0.717, 1.165) is 26.1 Å². The van der Waals surface area contributed by atoms with Gasteiger partial charge in [0.2, 0.25) is 0 Å². The monoisotopic (exact) mass is 362 g/mol. The molecule has 0 saturated heterocycles. The molecular weight excluding hydrogens is 352 g/mol. The minimum atomic E-state index is -0.168. The SMILES string of the molecule is Cc1cc(NC(=O)c2cc3c(s2)-c2ccc(Cl)cc2SC3)no1. The lowest BCUT2D eigenvalue weighted by Gasteiger charge is -2.15. The fraction of sp³-hybridized carbons (Fsp3) is 0.125. The summed E-state index contributed by atoms with van der Waals surface area (Å²) < 4.78 is 4.96. The van der Waals surface area contributed by atoms with E-state index in [1.54, 1.807) is 24.8 Å². The molecule has 4 rings (SSSR count). The quantitative estimate of drug-likeness (QED) is 0.678. The summed E-state index contributed by atoms with van der Waals surface area (Å²) in [5.41, 5.74) is 2.32. The molecule has 2 aromatic heterocycles. The zero-order valence-electron chi connectivity index (χ0n) is 12.1. The summed E-state index contributed by atoms with van der Waals surface area (Å²) >= 11 is 9.29. The first-order valence-electron chi connectivity index (χ1n) is 6.90. The van der Waals surface area contributed by atoms with Crippen LogP contribution in [0.5, 0.6) is 0 Å². The fourth-order valence-corrected chi connectivity index (χ4v) is 5.02. The van der Waals surface area contributed by atoms with Crippen molar-refractivity contribution in [2.45, 2.75) is 17.6 Å². The van der Waals surface area contributed by atoms with Gasteiger partial charge in [-0.15, -0.1) is 23.1 Å². The lowest BCUT2D eigenvalue weighted by atomic mass is 10.1. The molecule has 0 unspecified atom stereocenters. The van der Waals surface area contributed by atoms with Crippen molar-refractivity contribution in [3.63, 3.8) is 0 Å². The van der Waals surface area contributed by atoms with Gasteiger partial charge in [0.05, 0.1) is 4.88 Å². The molecule has 23 heavy (non-hydrogen) atoms. The number of aryl methyl sites for hydroxylation is 1. The number of amides is 1. The van der Waals surface area contributed by atoms with Crippen LogP contribution in [0.25, 0.3) is 10.4 Å². The zero-order chi connectivity index (χ0) is 16.0. The first kappa shape index (κ1) is 14.8. The molecule has 0 bridgehead atoms. The summed E-state index contributed by atoms with van der Waals surface area (Å²) in [5.74, 6) is 1.77. The predicted octanol–water partition coefficient (Wildman–Crippen LogP) is 5.22. The van der Waals surface area contributed by atoms with Gasteiger partial charge < -0.3 is 9.84 Å². The van der Waals surface area contributed by atoms with Gasteiger partial charge in [-0.3, -0.25) is 4.79 Å². The third-order valence-corrected chi connectivity index (χ3v) is 6.02. The van der Waals surface area contributed by atoms with Crippen molar-refractivity contribution in [1.29, 1.82) is 0 Å². The van der Waals surface area contributed by atoms with Crippen molar-refractivity contribution >= 4 is 46.4 Å². The van der Waals surface area contributed by atoms with E-state index in [-0.39, 0.29) is 5.91 Å². The maximum absolute atomic E-state index is 12.4. The number of thioether (sulfide) groups is 1. The number of carbonyl (C=O) groups excluding carboxylic acids is 1. The minimum absolute atomic E-state index is 0.168. The number of fused-ring (bicyclic) bond motifs is 3. The van der Waals surface area contributed by atoms with Crippen molar-refractivity contribution in [3.8, 4) is 10.4 Å². The highest BCUT2D eigenvalue weighted by Crippen LogP contribution is 2.46. The summed E-state index contributed by atoms with van der Waals surface area (Å²) in [6, 6.07) is 9.52. The van der Waals surface area contributed by atoms with Gasteiger partial charge in [-0.05, 0) is 30.7 Å². The first-order chi connectivity index (χ1) is 11.1. The standard InChI is InChI=1S/C16H11ClN2O2S2/c1-8-4-14(19-21-8)18-16(20)13-5-9-7-22-12-6-10(17)2-3-11(12)15(9)23-13/h2-6H,7H2,1H3,(H,18,19,20). The molecule has 1 N–H and O–H groups in total. The van der Waals surface area contributed by atoms with Crippen molar-refractivity contribution in [3.05, 3.63) is 51.6 Å². The van der Waals surface area contributed by atoms with Gasteiger partial charge in [0.15, 0.2) is 5.82 Å². The first-order valence-corrected chi connectivity index (χ1v) is 9.08. The van der Waals surface area contributed by atoms with E-state index >= 15 is 0 Å². The third-order valence-electron chi connectivity index (χ3n) is 3.47. The van der Waals surface area contributed by atoms with Gasteiger partial charge in [-0.25, -0.2) is 0 Å². The van der Waals surface area contributed by atoms with Crippen LogP contribution in [0, 0.1) is 6.92 Å². The lowest BCUT2D eigenvalue weighted by molar-refractivity contribution is 0.102. The molecule has 3 aromatic rings. The van der Waals surface area contributed by atoms with Gasteiger partial charge >= 0.3 is 0 Å². The second-order valence-electron chi connectivity index (χ2n) is 5.17. The number of nitrogens with zero attached hydrogens (tertiary/aromatic N) is 1. The van der Waals surface area contributed by atoms with Crippen LogP contribution in [0.4, 0.5) is 5.82 Å². The Kier molecular flexibility index (Phi) is 3.67. The Bertz CT molecular complexity index is 917. The van der Waals surface area contributed by atoms with E-state index < -0.39 is 0 Å².